The van der Waals surface area contributed by atoms with Crippen molar-refractivity contribution < 1.29 is 4.74 Å². The highest BCUT2D eigenvalue weighted by atomic mass is 16.5. The third-order valence-corrected chi connectivity index (χ3v) is 4.73. The molecule has 7 nitrogen and oxygen atoms in total. The summed E-state index contributed by atoms with van der Waals surface area (Å²) in [5.74, 6) is 0.877. The van der Waals surface area contributed by atoms with E-state index in [1.165, 1.54) is 0 Å². The number of anilines is 1. The topological polar surface area (TPSA) is 73.1 Å². The van der Waals surface area contributed by atoms with Gasteiger partial charge in [-0.1, -0.05) is 0 Å². The molecule has 0 N–H and O–H groups in total. The molecule has 4 heterocycles. The van der Waals surface area contributed by atoms with E-state index in [2.05, 4.69) is 20.0 Å². The minimum atomic E-state index is -0.0545. The summed E-state index contributed by atoms with van der Waals surface area (Å²) in [5, 5.41) is 4.58. The first-order chi connectivity index (χ1) is 11.7. The maximum absolute atomic E-state index is 12.4. The maximum Gasteiger partial charge on any atom is 0.267 e. The van der Waals surface area contributed by atoms with Crippen LogP contribution in [0.4, 0.5) is 5.82 Å². The lowest BCUT2D eigenvalue weighted by Crippen LogP contribution is -2.38. The summed E-state index contributed by atoms with van der Waals surface area (Å²) in [5.41, 5.74) is 2.76. The highest BCUT2D eigenvalue weighted by Gasteiger charge is 2.27. The minimum Gasteiger partial charge on any atom is -0.376 e. The van der Waals surface area contributed by atoms with Crippen LogP contribution in [0.3, 0.4) is 0 Å². The molecule has 126 valence electrons. The molecule has 2 aliphatic rings. The predicted octanol–water partition coefficient (Wildman–Crippen LogP) is 1.08. The number of hydrogen-bond acceptors (Lipinski definition) is 6. The highest BCUT2D eigenvalue weighted by molar-refractivity contribution is 5.38. The van der Waals surface area contributed by atoms with E-state index in [4.69, 9.17) is 4.74 Å². The van der Waals surface area contributed by atoms with Crippen molar-refractivity contribution in [2.45, 2.75) is 45.4 Å². The molecule has 2 aromatic rings. The number of fused-ring (bicyclic) bond motifs is 1. The first-order valence-corrected chi connectivity index (χ1v) is 8.43. The Kier molecular flexibility index (Phi) is 4.02. The van der Waals surface area contributed by atoms with Gasteiger partial charge < -0.3 is 9.64 Å². The molecular formula is C17H21N5O2. The van der Waals surface area contributed by atoms with Crippen LogP contribution in [-0.2, 0) is 24.3 Å². The number of aromatic nitrogens is 4. The third-order valence-electron chi connectivity index (χ3n) is 4.73. The largest absolute Gasteiger partial charge is 0.376 e. The molecule has 2 aliphatic heterocycles. The van der Waals surface area contributed by atoms with Crippen LogP contribution < -0.4 is 10.5 Å². The summed E-state index contributed by atoms with van der Waals surface area (Å²) in [7, 11) is 0. The molecule has 0 spiro atoms. The number of aryl methyl sites for hydroxylation is 1. The average molecular weight is 327 g/mol. The van der Waals surface area contributed by atoms with Crippen molar-refractivity contribution in [1.82, 2.24) is 19.7 Å². The summed E-state index contributed by atoms with van der Waals surface area (Å²) in [6, 6.07) is 1.90. The summed E-state index contributed by atoms with van der Waals surface area (Å²) < 4.78 is 7.00. The Hall–Kier alpha value is -2.28. The molecule has 0 aromatic carbocycles. The molecule has 7 heteroatoms. The Bertz CT molecular complexity index is 787. The summed E-state index contributed by atoms with van der Waals surface area (Å²) in [6.45, 7) is 4.62. The van der Waals surface area contributed by atoms with Gasteiger partial charge in [0.25, 0.3) is 5.56 Å². The van der Waals surface area contributed by atoms with Gasteiger partial charge in [-0.25, -0.2) is 9.67 Å². The van der Waals surface area contributed by atoms with Crippen molar-refractivity contribution in [1.29, 1.82) is 0 Å². The van der Waals surface area contributed by atoms with Gasteiger partial charge in [-0.15, -0.1) is 0 Å². The second-order valence-electron chi connectivity index (χ2n) is 6.44. The first kappa shape index (κ1) is 15.3. The summed E-state index contributed by atoms with van der Waals surface area (Å²) in [6.07, 6.45) is 6.49. The van der Waals surface area contributed by atoms with E-state index in [-0.39, 0.29) is 11.6 Å². The lowest BCUT2D eigenvalue weighted by molar-refractivity contribution is 0.108. The van der Waals surface area contributed by atoms with E-state index in [9.17, 15) is 4.79 Å². The van der Waals surface area contributed by atoms with Crippen LogP contribution in [0.2, 0.25) is 0 Å². The van der Waals surface area contributed by atoms with Gasteiger partial charge in [0.05, 0.1) is 49.6 Å². The normalized spacial score (nSPS) is 20.2. The van der Waals surface area contributed by atoms with Gasteiger partial charge in [-0.3, -0.25) is 9.78 Å². The molecule has 0 bridgehead atoms. The van der Waals surface area contributed by atoms with Crippen molar-refractivity contribution in [3.05, 3.63) is 45.8 Å². The molecule has 2 aromatic heterocycles. The zero-order chi connectivity index (χ0) is 16.5. The molecule has 0 amide bonds. The van der Waals surface area contributed by atoms with E-state index in [0.717, 1.165) is 48.6 Å². The Morgan fingerprint density at radius 3 is 3.08 bits per heavy atom. The predicted molar refractivity (Wildman–Crippen MR) is 89.0 cm³/mol. The lowest BCUT2D eigenvalue weighted by atomic mass is 10.1. The molecule has 24 heavy (non-hydrogen) atoms. The summed E-state index contributed by atoms with van der Waals surface area (Å²) >= 11 is 0. The van der Waals surface area contributed by atoms with Crippen LogP contribution in [0, 0.1) is 6.92 Å². The average Bonchev–Trinajstić information content (AvgIpc) is 3.04. The van der Waals surface area contributed by atoms with E-state index >= 15 is 0 Å². The molecule has 0 radical (unpaired) electrons. The van der Waals surface area contributed by atoms with Gasteiger partial charge in [0, 0.05) is 24.6 Å². The van der Waals surface area contributed by atoms with Crippen LogP contribution in [0.1, 0.15) is 29.8 Å². The Morgan fingerprint density at radius 2 is 2.25 bits per heavy atom. The zero-order valence-electron chi connectivity index (χ0n) is 13.8. The van der Waals surface area contributed by atoms with Crippen LogP contribution >= 0.6 is 0 Å². The molecule has 0 saturated carbocycles. The standard InChI is InChI=1S/C17H21N5O2/c1-12-8-19-16(9-18-12)21-5-2-3-14(21)10-22-17(23)7-13-11-24-6-4-15(13)20-22/h7-9,14H,2-6,10-11H2,1H3. The van der Waals surface area contributed by atoms with Gasteiger partial charge >= 0.3 is 0 Å². The van der Waals surface area contributed by atoms with Crippen LogP contribution in [0.15, 0.2) is 23.3 Å². The Morgan fingerprint density at radius 1 is 1.33 bits per heavy atom. The highest BCUT2D eigenvalue weighted by Crippen LogP contribution is 2.24. The van der Waals surface area contributed by atoms with Crippen molar-refractivity contribution in [3.63, 3.8) is 0 Å². The fraction of sp³-hybridized carbons (Fsp3) is 0.529. The second kappa shape index (κ2) is 6.32. The molecule has 1 atom stereocenters. The molecule has 1 unspecified atom stereocenters. The van der Waals surface area contributed by atoms with Crippen LogP contribution in [0.5, 0.6) is 0 Å². The van der Waals surface area contributed by atoms with Crippen LogP contribution in [0.25, 0.3) is 0 Å². The molecule has 1 saturated heterocycles. The minimum absolute atomic E-state index is 0.0545. The summed E-state index contributed by atoms with van der Waals surface area (Å²) in [4.78, 5) is 23.4. The van der Waals surface area contributed by atoms with E-state index in [0.29, 0.717) is 19.8 Å². The SMILES string of the molecule is Cc1cnc(N2CCCC2Cn2nc3c(cc2=O)COCC3)cn1. The van der Waals surface area contributed by atoms with Crippen molar-refractivity contribution in [2.24, 2.45) is 0 Å². The van der Waals surface area contributed by atoms with E-state index in [1.807, 2.05) is 13.1 Å². The lowest BCUT2D eigenvalue weighted by Gasteiger charge is -2.26. The van der Waals surface area contributed by atoms with Gasteiger partial charge in [0.2, 0.25) is 0 Å². The molecule has 0 aliphatic carbocycles. The first-order valence-electron chi connectivity index (χ1n) is 8.43. The number of rotatable bonds is 3. The van der Waals surface area contributed by atoms with Crippen molar-refractivity contribution in [3.8, 4) is 0 Å². The van der Waals surface area contributed by atoms with Crippen LogP contribution in [-0.4, -0.2) is 38.9 Å². The number of nitrogens with zero attached hydrogens (tertiary/aromatic N) is 5. The van der Waals surface area contributed by atoms with Crippen molar-refractivity contribution >= 4 is 5.82 Å². The van der Waals surface area contributed by atoms with Gasteiger partial charge in [-0.05, 0) is 19.8 Å². The second-order valence-corrected chi connectivity index (χ2v) is 6.44. The number of hydrogen-bond donors (Lipinski definition) is 0. The van der Waals surface area contributed by atoms with E-state index in [1.54, 1.807) is 16.9 Å². The molecule has 4 rings (SSSR count). The van der Waals surface area contributed by atoms with Crippen molar-refractivity contribution in [2.75, 3.05) is 18.1 Å². The zero-order valence-corrected chi connectivity index (χ0v) is 13.8. The van der Waals surface area contributed by atoms with Gasteiger partial charge in [0.1, 0.15) is 5.82 Å². The monoisotopic (exact) mass is 327 g/mol. The number of ether oxygens (including phenoxy) is 1. The quantitative estimate of drug-likeness (QED) is 0.840. The molecular weight excluding hydrogens is 306 g/mol. The van der Waals surface area contributed by atoms with Gasteiger partial charge in [0.15, 0.2) is 0 Å². The van der Waals surface area contributed by atoms with E-state index < -0.39 is 0 Å². The fourth-order valence-electron chi connectivity index (χ4n) is 3.44. The molecule has 1 fully saturated rings. The third kappa shape index (κ3) is 2.91. The van der Waals surface area contributed by atoms with Gasteiger partial charge in [-0.2, -0.15) is 5.10 Å². The Balaban J connectivity index is 1.58. The fourth-order valence-corrected chi connectivity index (χ4v) is 3.44. The maximum atomic E-state index is 12.4. The Labute approximate surface area is 140 Å². The smallest absolute Gasteiger partial charge is 0.267 e.